The van der Waals surface area contributed by atoms with E-state index >= 15 is 0 Å². The highest BCUT2D eigenvalue weighted by Gasteiger charge is 2.28. The Kier molecular flexibility index (Phi) is 5.55. The second kappa shape index (κ2) is 7.87. The summed E-state index contributed by atoms with van der Waals surface area (Å²) < 4.78 is 57.8. The average Bonchev–Trinajstić information content (AvgIpc) is 3.08. The highest BCUT2D eigenvalue weighted by Crippen LogP contribution is 2.32. The van der Waals surface area contributed by atoms with Crippen LogP contribution in [0.3, 0.4) is 0 Å². The molecule has 0 atom stereocenters. The summed E-state index contributed by atoms with van der Waals surface area (Å²) in [5.74, 6) is -0.907. The van der Waals surface area contributed by atoms with Crippen molar-refractivity contribution < 1.29 is 21.6 Å². The van der Waals surface area contributed by atoms with Crippen LogP contribution in [0.5, 0.6) is 0 Å². The fraction of sp³-hybridized carbons (Fsp3) is 0.211. The van der Waals surface area contributed by atoms with Gasteiger partial charge in [-0.25, -0.2) is 17.2 Å². The molecule has 0 aliphatic carbocycles. The van der Waals surface area contributed by atoms with E-state index in [9.17, 15) is 17.2 Å². The van der Waals surface area contributed by atoms with Gasteiger partial charge in [-0.1, -0.05) is 13.3 Å². The van der Waals surface area contributed by atoms with Crippen LogP contribution in [0.4, 0.5) is 14.7 Å². The van der Waals surface area contributed by atoms with Gasteiger partial charge in [0, 0.05) is 12.1 Å². The minimum absolute atomic E-state index is 0.00657. The summed E-state index contributed by atoms with van der Waals surface area (Å²) in [5.41, 5.74) is 0.440. The first-order valence-electron chi connectivity index (χ1n) is 8.43. The zero-order valence-corrected chi connectivity index (χ0v) is 15.4. The van der Waals surface area contributed by atoms with E-state index in [2.05, 4.69) is 10.3 Å². The first kappa shape index (κ1) is 19.0. The number of anilines is 1. The van der Waals surface area contributed by atoms with Gasteiger partial charge < -0.3 is 9.73 Å². The molecule has 3 rings (SSSR count). The minimum Gasteiger partial charge on any atom is -0.419 e. The van der Waals surface area contributed by atoms with Crippen LogP contribution in [-0.2, 0) is 9.84 Å². The fourth-order valence-electron chi connectivity index (χ4n) is 2.42. The number of hydrogen-bond donors (Lipinski definition) is 1. The van der Waals surface area contributed by atoms with Crippen LogP contribution in [0, 0.1) is 11.6 Å². The van der Waals surface area contributed by atoms with Crippen molar-refractivity contribution in [3.8, 4) is 11.5 Å². The van der Waals surface area contributed by atoms with Crippen molar-refractivity contribution in [2.45, 2.75) is 29.7 Å². The lowest BCUT2D eigenvalue weighted by Crippen LogP contribution is -2.08. The largest absolute Gasteiger partial charge is 0.419 e. The second-order valence-corrected chi connectivity index (χ2v) is 7.76. The molecule has 0 radical (unpaired) electrons. The molecule has 0 aliphatic rings. The molecule has 5 nitrogen and oxygen atoms in total. The summed E-state index contributed by atoms with van der Waals surface area (Å²) in [7, 11) is -4.03. The van der Waals surface area contributed by atoms with E-state index < -0.39 is 21.5 Å². The molecule has 2 aromatic carbocycles. The molecule has 0 fully saturated rings. The Hall–Kier alpha value is -2.74. The Labute approximate surface area is 156 Å². The minimum atomic E-state index is -4.03. The number of oxazole rings is 1. The maximum Gasteiger partial charge on any atom is 0.233 e. The first-order chi connectivity index (χ1) is 12.9. The average molecular weight is 392 g/mol. The Bertz CT molecular complexity index is 1010. The van der Waals surface area contributed by atoms with E-state index in [1.54, 1.807) is 0 Å². The first-order valence-corrected chi connectivity index (χ1v) is 9.91. The Morgan fingerprint density at radius 2 is 1.59 bits per heavy atom. The molecule has 27 heavy (non-hydrogen) atoms. The van der Waals surface area contributed by atoms with Gasteiger partial charge in [0.2, 0.25) is 26.6 Å². The van der Waals surface area contributed by atoms with Crippen molar-refractivity contribution in [2.75, 3.05) is 11.9 Å². The maximum absolute atomic E-state index is 13.1. The predicted octanol–water partition coefficient (Wildman–Crippen LogP) is 4.66. The van der Waals surface area contributed by atoms with Gasteiger partial charge in [-0.2, -0.15) is 4.98 Å². The highest BCUT2D eigenvalue weighted by molar-refractivity contribution is 7.91. The van der Waals surface area contributed by atoms with Crippen LogP contribution in [-0.4, -0.2) is 19.9 Å². The Balaban J connectivity index is 2.06. The van der Waals surface area contributed by atoms with E-state index in [1.165, 1.54) is 36.4 Å². The molecule has 142 valence electrons. The van der Waals surface area contributed by atoms with Crippen molar-refractivity contribution in [1.29, 1.82) is 0 Å². The standard InChI is InChI=1S/C19H18F2N2O3S/c1-2-3-12-22-18-19(27(24,25)16-10-8-15(21)9-11-16)23-17(26-18)13-4-6-14(20)7-5-13/h4-11,22H,2-3,12H2,1H3. The third-order valence-electron chi connectivity index (χ3n) is 3.88. The maximum atomic E-state index is 13.1. The number of nitrogens with zero attached hydrogens (tertiary/aromatic N) is 1. The molecule has 0 spiro atoms. The van der Waals surface area contributed by atoms with E-state index in [4.69, 9.17) is 4.42 Å². The summed E-state index contributed by atoms with van der Waals surface area (Å²) in [5, 5.41) is 2.66. The Morgan fingerprint density at radius 1 is 1.00 bits per heavy atom. The molecule has 1 N–H and O–H groups in total. The molecule has 0 aliphatic heterocycles. The quantitative estimate of drug-likeness (QED) is 0.467. The van der Waals surface area contributed by atoms with E-state index in [-0.39, 0.29) is 21.7 Å². The SMILES string of the molecule is CCCCNc1oc(-c2ccc(F)cc2)nc1S(=O)(=O)c1ccc(F)cc1. The molecule has 0 amide bonds. The number of sulfone groups is 1. The number of halogens is 2. The van der Waals surface area contributed by atoms with E-state index in [0.29, 0.717) is 12.1 Å². The van der Waals surface area contributed by atoms with Crippen molar-refractivity contribution in [2.24, 2.45) is 0 Å². The number of benzene rings is 2. The van der Waals surface area contributed by atoms with Gasteiger partial charge in [0.25, 0.3) is 0 Å². The lowest BCUT2D eigenvalue weighted by Gasteiger charge is -2.05. The molecule has 1 aromatic heterocycles. The van der Waals surface area contributed by atoms with E-state index in [1.807, 2.05) is 6.92 Å². The van der Waals surface area contributed by atoms with Gasteiger partial charge in [-0.05, 0) is 55.0 Å². The van der Waals surface area contributed by atoms with Crippen LogP contribution < -0.4 is 5.32 Å². The van der Waals surface area contributed by atoms with Crippen molar-refractivity contribution >= 4 is 15.7 Å². The predicted molar refractivity (Wildman–Crippen MR) is 97.1 cm³/mol. The third kappa shape index (κ3) is 4.16. The summed E-state index contributed by atoms with van der Waals surface area (Å²) in [6, 6.07) is 9.85. The number of rotatable bonds is 7. The smallest absolute Gasteiger partial charge is 0.233 e. The van der Waals surface area contributed by atoms with Gasteiger partial charge in [0.1, 0.15) is 11.6 Å². The fourth-order valence-corrected chi connectivity index (χ4v) is 3.70. The van der Waals surface area contributed by atoms with Crippen LogP contribution in [0.15, 0.2) is 62.9 Å². The van der Waals surface area contributed by atoms with Crippen LogP contribution in [0.25, 0.3) is 11.5 Å². The molecule has 3 aromatic rings. The molecular weight excluding hydrogens is 374 g/mol. The van der Waals surface area contributed by atoms with Crippen LogP contribution >= 0.6 is 0 Å². The zero-order valence-electron chi connectivity index (χ0n) is 14.6. The van der Waals surface area contributed by atoms with Crippen molar-refractivity contribution in [3.63, 3.8) is 0 Å². The molecule has 0 saturated carbocycles. The molecule has 1 heterocycles. The monoisotopic (exact) mass is 392 g/mol. The highest BCUT2D eigenvalue weighted by atomic mass is 32.2. The van der Waals surface area contributed by atoms with Gasteiger partial charge in [0.15, 0.2) is 0 Å². The summed E-state index contributed by atoms with van der Waals surface area (Å²) in [6.07, 6.45) is 1.72. The van der Waals surface area contributed by atoms with Crippen molar-refractivity contribution in [3.05, 3.63) is 60.2 Å². The number of nitrogens with one attached hydrogen (secondary N) is 1. The molecule has 0 bridgehead atoms. The number of aromatic nitrogens is 1. The molecular formula is C19H18F2N2O3S. The Morgan fingerprint density at radius 3 is 2.19 bits per heavy atom. The molecule has 0 unspecified atom stereocenters. The summed E-state index contributed by atoms with van der Waals surface area (Å²) in [4.78, 5) is 4.03. The van der Waals surface area contributed by atoms with Crippen molar-refractivity contribution in [1.82, 2.24) is 4.98 Å². The zero-order chi connectivity index (χ0) is 19.4. The topological polar surface area (TPSA) is 72.2 Å². The third-order valence-corrected chi connectivity index (χ3v) is 5.56. The lowest BCUT2D eigenvalue weighted by molar-refractivity contribution is 0.575. The van der Waals surface area contributed by atoms with E-state index in [0.717, 1.165) is 25.0 Å². The number of hydrogen-bond acceptors (Lipinski definition) is 5. The summed E-state index contributed by atoms with van der Waals surface area (Å²) >= 11 is 0. The van der Waals surface area contributed by atoms with Crippen LogP contribution in [0.1, 0.15) is 19.8 Å². The number of unbranched alkanes of at least 4 members (excludes halogenated alkanes) is 1. The second-order valence-electron chi connectivity index (χ2n) is 5.90. The van der Waals surface area contributed by atoms with Gasteiger partial charge in [-0.3, -0.25) is 0 Å². The van der Waals surface area contributed by atoms with Gasteiger partial charge in [0.05, 0.1) is 4.90 Å². The van der Waals surface area contributed by atoms with Gasteiger partial charge >= 0.3 is 0 Å². The molecule has 8 heteroatoms. The summed E-state index contributed by atoms with van der Waals surface area (Å²) in [6.45, 7) is 2.50. The lowest BCUT2D eigenvalue weighted by atomic mass is 10.2. The molecule has 0 saturated heterocycles. The van der Waals surface area contributed by atoms with Crippen LogP contribution in [0.2, 0.25) is 0 Å². The van der Waals surface area contributed by atoms with Gasteiger partial charge in [-0.15, -0.1) is 0 Å². The normalized spacial score (nSPS) is 11.5.